The smallest absolute Gasteiger partial charge is 0.417 e. The lowest BCUT2D eigenvalue weighted by atomic mass is 10.2. The first-order valence-corrected chi connectivity index (χ1v) is 8.33. The monoisotopic (exact) mass is 393 g/mol. The van der Waals surface area contributed by atoms with E-state index in [1.54, 1.807) is 12.1 Å². The van der Waals surface area contributed by atoms with Crippen LogP contribution in [0, 0.1) is 0 Å². The van der Waals surface area contributed by atoms with E-state index >= 15 is 0 Å². The molecule has 0 fully saturated rings. The Balaban J connectivity index is 1.57. The minimum Gasteiger partial charge on any atom is -0.438 e. The number of para-hydroxylation sites is 1. The van der Waals surface area contributed by atoms with Crippen molar-refractivity contribution in [1.29, 1.82) is 0 Å². The third-order valence-corrected chi connectivity index (χ3v) is 3.84. The number of aromatic nitrogens is 1. The summed E-state index contributed by atoms with van der Waals surface area (Å²) in [7, 11) is 0. The zero-order valence-corrected chi connectivity index (χ0v) is 14.7. The van der Waals surface area contributed by atoms with Crippen molar-refractivity contribution in [3.8, 4) is 11.6 Å². The van der Waals surface area contributed by atoms with Crippen LogP contribution in [0.2, 0.25) is 5.02 Å². The third-order valence-electron chi connectivity index (χ3n) is 3.57. The van der Waals surface area contributed by atoms with Gasteiger partial charge in [0.15, 0.2) is 0 Å². The van der Waals surface area contributed by atoms with Crippen LogP contribution in [0.4, 0.5) is 18.9 Å². The molecule has 2 aromatic carbocycles. The first-order chi connectivity index (χ1) is 12.9. The number of anilines is 1. The van der Waals surface area contributed by atoms with Gasteiger partial charge in [0.25, 0.3) is 0 Å². The maximum atomic E-state index is 12.6. The minimum absolute atomic E-state index is 0.0821. The molecule has 0 amide bonds. The highest BCUT2D eigenvalue weighted by Crippen LogP contribution is 2.34. The lowest BCUT2D eigenvalue weighted by Crippen LogP contribution is -2.20. The lowest BCUT2D eigenvalue weighted by Gasteiger charge is -2.11. The minimum atomic E-state index is -4.50. The van der Waals surface area contributed by atoms with Crippen LogP contribution in [0.5, 0.6) is 11.6 Å². The third kappa shape index (κ3) is 5.35. The van der Waals surface area contributed by atoms with Crippen LogP contribution in [0.1, 0.15) is 11.1 Å². The van der Waals surface area contributed by atoms with Gasteiger partial charge in [-0.05, 0) is 35.9 Å². The second-order valence-electron chi connectivity index (χ2n) is 5.60. The van der Waals surface area contributed by atoms with Crippen molar-refractivity contribution in [3.63, 3.8) is 0 Å². The number of nitrogens with zero attached hydrogens (tertiary/aromatic N) is 1. The number of hydrazine groups is 1. The Bertz CT molecular complexity index is 887. The van der Waals surface area contributed by atoms with Crippen molar-refractivity contribution in [2.24, 2.45) is 0 Å². The number of nitrogens with one attached hydrogen (secondary N) is 2. The molecule has 1 aromatic heterocycles. The van der Waals surface area contributed by atoms with Crippen molar-refractivity contribution < 1.29 is 17.9 Å². The van der Waals surface area contributed by atoms with Crippen LogP contribution >= 0.6 is 11.6 Å². The number of hydrogen-bond donors (Lipinski definition) is 2. The molecule has 3 rings (SSSR count). The van der Waals surface area contributed by atoms with E-state index in [0.717, 1.165) is 17.3 Å². The number of alkyl halides is 3. The normalized spacial score (nSPS) is 11.3. The Morgan fingerprint density at radius 2 is 1.70 bits per heavy atom. The van der Waals surface area contributed by atoms with Crippen LogP contribution in [0.25, 0.3) is 0 Å². The quantitative estimate of drug-likeness (QED) is 0.530. The van der Waals surface area contributed by atoms with Crippen molar-refractivity contribution in [3.05, 3.63) is 83.0 Å². The summed E-state index contributed by atoms with van der Waals surface area (Å²) >= 11 is 5.84. The van der Waals surface area contributed by atoms with E-state index in [9.17, 15) is 13.2 Å². The molecule has 0 radical (unpaired) electrons. The molecule has 0 aliphatic carbocycles. The standard InChI is InChI=1S/C19H15ClF3N3O/c20-17-10-14(19(21,22)23)12-24-18(17)27-16-8-6-13(7-9-16)11-25-26-15-4-2-1-3-5-15/h1-10,12,25-26H,11H2. The van der Waals surface area contributed by atoms with Gasteiger partial charge >= 0.3 is 6.18 Å². The molecule has 0 atom stereocenters. The molecule has 140 valence electrons. The van der Waals surface area contributed by atoms with E-state index in [-0.39, 0.29) is 10.9 Å². The van der Waals surface area contributed by atoms with E-state index in [1.165, 1.54) is 0 Å². The Labute approximate surface area is 158 Å². The molecule has 0 aliphatic heterocycles. The number of hydrogen-bond acceptors (Lipinski definition) is 4. The second kappa shape index (κ2) is 8.28. The second-order valence-corrected chi connectivity index (χ2v) is 6.01. The fourth-order valence-electron chi connectivity index (χ4n) is 2.21. The lowest BCUT2D eigenvalue weighted by molar-refractivity contribution is -0.137. The van der Waals surface area contributed by atoms with Crippen LogP contribution in [-0.2, 0) is 12.7 Å². The molecule has 2 N–H and O–H groups in total. The molecule has 0 saturated heterocycles. The van der Waals surface area contributed by atoms with E-state index in [0.29, 0.717) is 18.5 Å². The van der Waals surface area contributed by atoms with Gasteiger partial charge in [0.2, 0.25) is 5.88 Å². The largest absolute Gasteiger partial charge is 0.438 e. The summed E-state index contributed by atoms with van der Waals surface area (Å²) in [4.78, 5) is 3.65. The van der Waals surface area contributed by atoms with Crippen LogP contribution < -0.4 is 15.6 Å². The molecule has 0 bridgehead atoms. The SMILES string of the molecule is FC(F)(F)c1cnc(Oc2ccc(CNNc3ccccc3)cc2)c(Cl)c1. The summed E-state index contributed by atoms with van der Waals surface area (Å²) in [5.41, 5.74) is 7.16. The van der Waals surface area contributed by atoms with Crippen LogP contribution in [0.15, 0.2) is 66.9 Å². The predicted molar refractivity (Wildman–Crippen MR) is 97.7 cm³/mol. The van der Waals surface area contributed by atoms with Gasteiger partial charge < -0.3 is 10.2 Å². The van der Waals surface area contributed by atoms with Crippen LogP contribution in [0.3, 0.4) is 0 Å². The first-order valence-electron chi connectivity index (χ1n) is 7.95. The summed E-state index contributed by atoms with van der Waals surface area (Å²) in [6, 6.07) is 17.5. The van der Waals surface area contributed by atoms with E-state index in [2.05, 4.69) is 15.8 Å². The molecule has 3 aromatic rings. The van der Waals surface area contributed by atoms with E-state index in [4.69, 9.17) is 16.3 Å². The zero-order valence-electron chi connectivity index (χ0n) is 13.9. The number of halogens is 4. The van der Waals surface area contributed by atoms with Crippen molar-refractivity contribution >= 4 is 17.3 Å². The van der Waals surface area contributed by atoms with Gasteiger partial charge in [0.05, 0.1) is 5.56 Å². The number of rotatable bonds is 6. The average molecular weight is 394 g/mol. The topological polar surface area (TPSA) is 46.2 Å². The zero-order chi connectivity index (χ0) is 19.3. The highest BCUT2D eigenvalue weighted by molar-refractivity contribution is 6.31. The highest BCUT2D eigenvalue weighted by atomic mass is 35.5. The molecule has 0 spiro atoms. The molecule has 27 heavy (non-hydrogen) atoms. The summed E-state index contributed by atoms with van der Waals surface area (Å²) in [5.74, 6) is 0.338. The Morgan fingerprint density at radius 1 is 1.00 bits per heavy atom. The fraction of sp³-hybridized carbons (Fsp3) is 0.105. The molecule has 4 nitrogen and oxygen atoms in total. The number of benzene rings is 2. The van der Waals surface area contributed by atoms with Gasteiger partial charge in [0.1, 0.15) is 10.8 Å². The maximum Gasteiger partial charge on any atom is 0.417 e. The van der Waals surface area contributed by atoms with Crippen molar-refractivity contribution in [2.75, 3.05) is 5.43 Å². The van der Waals surface area contributed by atoms with Gasteiger partial charge in [-0.15, -0.1) is 0 Å². The van der Waals surface area contributed by atoms with E-state index < -0.39 is 11.7 Å². The Kier molecular flexibility index (Phi) is 5.83. The van der Waals surface area contributed by atoms with Gasteiger partial charge in [-0.1, -0.05) is 41.9 Å². The van der Waals surface area contributed by atoms with Crippen molar-refractivity contribution in [1.82, 2.24) is 10.4 Å². The Morgan fingerprint density at radius 3 is 2.33 bits per heavy atom. The molecular weight excluding hydrogens is 379 g/mol. The van der Waals surface area contributed by atoms with Crippen LogP contribution in [-0.4, -0.2) is 4.98 Å². The molecule has 1 heterocycles. The summed E-state index contributed by atoms with van der Waals surface area (Å²) < 4.78 is 43.4. The van der Waals surface area contributed by atoms with Gasteiger partial charge in [-0.2, -0.15) is 13.2 Å². The fourth-order valence-corrected chi connectivity index (χ4v) is 2.42. The van der Waals surface area contributed by atoms with Crippen molar-refractivity contribution in [2.45, 2.75) is 12.7 Å². The predicted octanol–water partition coefficient (Wildman–Crippen LogP) is 5.66. The molecule has 0 unspecified atom stereocenters. The van der Waals surface area contributed by atoms with Gasteiger partial charge in [-0.3, -0.25) is 0 Å². The molecule has 8 heteroatoms. The Hall–Kier alpha value is -2.77. The van der Waals surface area contributed by atoms with Gasteiger partial charge in [0, 0.05) is 18.4 Å². The molecule has 0 saturated carbocycles. The maximum absolute atomic E-state index is 12.6. The first kappa shape index (κ1) is 19.0. The summed E-state index contributed by atoms with van der Waals surface area (Å²) in [6.45, 7) is 0.564. The van der Waals surface area contributed by atoms with Gasteiger partial charge in [-0.25, -0.2) is 10.4 Å². The highest BCUT2D eigenvalue weighted by Gasteiger charge is 2.31. The summed E-state index contributed by atoms with van der Waals surface area (Å²) in [5, 5.41) is -0.206. The van der Waals surface area contributed by atoms with E-state index in [1.807, 2.05) is 42.5 Å². The summed E-state index contributed by atoms with van der Waals surface area (Å²) in [6.07, 6.45) is -3.81. The molecular formula is C19H15ClF3N3O. The number of pyridine rings is 1. The average Bonchev–Trinajstić information content (AvgIpc) is 2.65. The molecule has 0 aliphatic rings. The number of ether oxygens (including phenoxy) is 1.